The van der Waals surface area contributed by atoms with Crippen LogP contribution in [0.3, 0.4) is 0 Å². The van der Waals surface area contributed by atoms with Crippen molar-refractivity contribution in [1.82, 2.24) is 20.5 Å². The minimum Gasteiger partial charge on any atom is -0.386 e. The van der Waals surface area contributed by atoms with Crippen LogP contribution in [0.4, 0.5) is 10.5 Å². The quantitative estimate of drug-likeness (QED) is 0.483. The summed E-state index contributed by atoms with van der Waals surface area (Å²) in [5, 5.41) is 6.12. The zero-order chi connectivity index (χ0) is 23.5. The molecule has 0 aromatic carbocycles. The molecule has 180 valence electrons. The lowest BCUT2D eigenvalue weighted by atomic mass is 9.96. The molecule has 0 bridgehead atoms. The van der Waals surface area contributed by atoms with Gasteiger partial charge in [-0.2, -0.15) is 0 Å². The molecule has 0 radical (unpaired) electrons. The average Bonchev–Trinajstić information content (AvgIpc) is 2.86. The summed E-state index contributed by atoms with van der Waals surface area (Å²) in [6.45, 7) is 8.28. The first-order chi connectivity index (χ1) is 16.1. The van der Waals surface area contributed by atoms with Gasteiger partial charge in [-0.1, -0.05) is 39.2 Å². The molecule has 0 saturated heterocycles. The Labute approximate surface area is 197 Å². The van der Waals surface area contributed by atoms with Crippen molar-refractivity contribution < 1.29 is 4.79 Å². The number of amides is 2. The maximum atomic E-state index is 12.2. The fourth-order valence-corrected chi connectivity index (χ4v) is 4.33. The highest BCUT2D eigenvalue weighted by atomic mass is 16.2. The molecule has 3 rings (SSSR count). The summed E-state index contributed by atoms with van der Waals surface area (Å²) in [6.07, 6.45) is 12.4. The van der Waals surface area contributed by atoms with Crippen LogP contribution in [0.15, 0.2) is 34.9 Å². The molecule has 2 aliphatic rings. The van der Waals surface area contributed by atoms with Gasteiger partial charge in [0.25, 0.3) is 0 Å². The Kier molecular flexibility index (Phi) is 9.72. The van der Waals surface area contributed by atoms with Gasteiger partial charge < -0.3 is 21.3 Å². The van der Waals surface area contributed by atoms with Crippen LogP contribution >= 0.6 is 0 Å². The molecular formula is C25H39N7O. The summed E-state index contributed by atoms with van der Waals surface area (Å²) in [5.74, 6) is 1.45. The van der Waals surface area contributed by atoms with Crippen molar-refractivity contribution in [2.75, 3.05) is 19.6 Å². The number of nitrogens with two attached hydrogens (primary N) is 1. The third-order valence-electron chi connectivity index (χ3n) is 6.17. The average molecular weight is 454 g/mol. The van der Waals surface area contributed by atoms with Crippen LogP contribution < -0.4 is 16.4 Å². The second kappa shape index (κ2) is 13.0. The van der Waals surface area contributed by atoms with E-state index in [9.17, 15) is 4.79 Å². The van der Waals surface area contributed by atoms with E-state index in [2.05, 4.69) is 39.0 Å². The number of unbranched alkanes of at least 4 members (excludes halogenated alkanes) is 2. The largest absolute Gasteiger partial charge is 0.386 e. The highest BCUT2D eigenvalue weighted by Crippen LogP contribution is 2.28. The van der Waals surface area contributed by atoms with Crippen LogP contribution in [0.2, 0.25) is 0 Å². The van der Waals surface area contributed by atoms with Crippen molar-refractivity contribution in [3.05, 3.63) is 30.6 Å². The number of amidine groups is 2. The molecule has 33 heavy (non-hydrogen) atoms. The van der Waals surface area contributed by atoms with Crippen LogP contribution in [0, 0.1) is 0 Å². The zero-order valence-electron chi connectivity index (χ0n) is 20.0. The number of fused-ring (bicyclic) bond motifs is 1. The number of aliphatic imine (C=N–C) groups is 2. The maximum Gasteiger partial charge on any atom is 0.315 e. The molecule has 8 heteroatoms. The fourth-order valence-electron chi connectivity index (χ4n) is 4.33. The topological polar surface area (TPSA) is 108 Å². The van der Waals surface area contributed by atoms with E-state index in [0.717, 1.165) is 74.4 Å². The van der Waals surface area contributed by atoms with Crippen LogP contribution in [0.25, 0.3) is 5.70 Å². The van der Waals surface area contributed by atoms with Gasteiger partial charge in [0.2, 0.25) is 0 Å². The Morgan fingerprint density at radius 1 is 1.24 bits per heavy atom. The highest BCUT2D eigenvalue weighted by molar-refractivity contribution is 5.96. The lowest BCUT2D eigenvalue weighted by molar-refractivity contribution is 0.232. The highest BCUT2D eigenvalue weighted by Gasteiger charge is 2.21. The Morgan fingerprint density at radius 3 is 2.85 bits per heavy atom. The van der Waals surface area contributed by atoms with E-state index in [1.54, 1.807) is 6.20 Å². The number of nitrogens with one attached hydrogen (secondary N) is 2. The molecule has 1 aliphatic carbocycles. The van der Waals surface area contributed by atoms with E-state index in [4.69, 9.17) is 10.7 Å². The molecule has 0 spiro atoms. The van der Waals surface area contributed by atoms with Crippen LogP contribution in [-0.2, 0) is 0 Å². The van der Waals surface area contributed by atoms with Crippen LogP contribution in [-0.4, -0.2) is 53.3 Å². The summed E-state index contributed by atoms with van der Waals surface area (Å²) < 4.78 is 0. The molecule has 1 aromatic rings. The maximum absolute atomic E-state index is 12.2. The normalized spacial score (nSPS) is 17.2. The second-order valence-electron chi connectivity index (χ2n) is 8.85. The minimum absolute atomic E-state index is 0.0509. The molecule has 0 atom stereocenters. The number of hydrogen-bond donors (Lipinski definition) is 3. The van der Waals surface area contributed by atoms with E-state index >= 15 is 0 Å². The molecule has 2 heterocycles. The molecule has 4 N–H and O–H groups in total. The summed E-state index contributed by atoms with van der Waals surface area (Å²) >= 11 is 0. The lowest BCUT2D eigenvalue weighted by Gasteiger charge is -2.28. The summed E-state index contributed by atoms with van der Waals surface area (Å²) in [5.41, 5.74) is 8.37. The Bertz CT molecular complexity index is 858. The number of aromatic nitrogens is 1. The summed E-state index contributed by atoms with van der Waals surface area (Å²) in [7, 11) is 0. The first kappa shape index (κ1) is 24.7. The number of rotatable bonds is 9. The van der Waals surface area contributed by atoms with E-state index in [-0.39, 0.29) is 6.03 Å². The molecule has 8 nitrogen and oxygen atoms in total. The van der Waals surface area contributed by atoms with Crippen LogP contribution in [0.1, 0.15) is 76.8 Å². The fraction of sp³-hybridized carbons (Fsp3) is 0.600. The number of carbonyl (C=O) groups is 1. The Hall–Kier alpha value is -2.90. The van der Waals surface area contributed by atoms with Gasteiger partial charge in [-0.05, 0) is 44.2 Å². The molecule has 1 saturated carbocycles. The first-order valence-corrected chi connectivity index (χ1v) is 12.4. The molecule has 0 unspecified atom stereocenters. The zero-order valence-corrected chi connectivity index (χ0v) is 20.0. The number of pyridine rings is 1. The van der Waals surface area contributed by atoms with Gasteiger partial charge in [0.05, 0.1) is 17.9 Å². The van der Waals surface area contributed by atoms with Gasteiger partial charge in [0, 0.05) is 31.7 Å². The third kappa shape index (κ3) is 7.58. The smallest absolute Gasteiger partial charge is 0.315 e. The van der Waals surface area contributed by atoms with E-state index in [0.29, 0.717) is 25.0 Å². The van der Waals surface area contributed by atoms with E-state index in [1.165, 1.54) is 19.3 Å². The van der Waals surface area contributed by atoms with Gasteiger partial charge in [-0.25, -0.2) is 9.79 Å². The van der Waals surface area contributed by atoms with Gasteiger partial charge in [0.1, 0.15) is 17.4 Å². The first-order valence-electron chi connectivity index (χ1n) is 12.4. The number of carbonyl (C=O) groups excluding carboxylic acids is 1. The molecule has 1 aliphatic heterocycles. The van der Waals surface area contributed by atoms with Gasteiger partial charge >= 0.3 is 6.03 Å². The van der Waals surface area contributed by atoms with Gasteiger partial charge in [-0.3, -0.25) is 9.98 Å². The Balaban J connectivity index is 1.58. The standard InChI is InChI=1S/C25H39N7O/c1-3-4-14-23-29-18-22(26)31-21-13-10-16-27-24(21)19(2)32(23)17-9-8-15-28-25(33)30-20-11-6-5-7-12-20/h10,13,16,20H,2-9,11-12,14-15,17-18H2,1H3,(H2,26,31)(H2,28,30,33). The summed E-state index contributed by atoms with van der Waals surface area (Å²) in [6, 6.07) is 4.04. The van der Waals surface area contributed by atoms with Crippen molar-refractivity contribution in [3.8, 4) is 0 Å². The Morgan fingerprint density at radius 2 is 2.06 bits per heavy atom. The second-order valence-corrected chi connectivity index (χ2v) is 8.85. The monoisotopic (exact) mass is 453 g/mol. The number of urea groups is 1. The predicted octanol–water partition coefficient (Wildman–Crippen LogP) is 4.36. The van der Waals surface area contributed by atoms with E-state index < -0.39 is 0 Å². The van der Waals surface area contributed by atoms with Gasteiger partial charge in [0.15, 0.2) is 0 Å². The van der Waals surface area contributed by atoms with Crippen molar-refractivity contribution in [2.45, 2.75) is 77.2 Å². The number of hydrogen-bond acceptors (Lipinski definition) is 6. The molecular weight excluding hydrogens is 414 g/mol. The molecule has 2 amide bonds. The van der Waals surface area contributed by atoms with Crippen molar-refractivity contribution in [1.29, 1.82) is 0 Å². The van der Waals surface area contributed by atoms with Crippen molar-refractivity contribution in [2.24, 2.45) is 15.7 Å². The molecule has 1 aromatic heterocycles. The third-order valence-corrected chi connectivity index (χ3v) is 6.17. The lowest BCUT2D eigenvalue weighted by Crippen LogP contribution is -2.43. The summed E-state index contributed by atoms with van der Waals surface area (Å²) in [4.78, 5) is 28.2. The van der Waals surface area contributed by atoms with E-state index in [1.807, 2.05) is 12.1 Å². The van der Waals surface area contributed by atoms with Crippen molar-refractivity contribution >= 4 is 29.1 Å². The molecule has 1 fully saturated rings. The van der Waals surface area contributed by atoms with Gasteiger partial charge in [-0.15, -0.1) is 0 Å². The predicted molar refractivity (Wildman–Crippen MR) is 136 cm³/mol. The van der Waals surface area contributed by atoms with Crippen LogP contribution in [0.5, 0.6) is 0 Å². The minimum atomic E-state index is -0.0509. The SMILES string of the molecule is C=C1c2ncccc2N=C(N)CN=C(CCCC)N1CCCCNC(=O)NC1CCCCC1. The number of nitrogens with zero attached hydrogens (tertiary/aromatic N) is 4. The van der Waals surface area contributed by atoms with Crippen molar-refractivity contribution in [3.63, 3.8) is 0 Å².